The van der Waals surface area contributed by atoms with Crippen LogP contribution in [-0.2, 0) is 19.1 Å². The van der Waals surface area contributed by atoms with Gasteiger partial charge < -0.3 is 24.4 Å². The van der Waals surface area contributed by atoms with Crippen molar-refractivity contribution in [3.8, 4) is 5.88 Å². The van der Waals surface area contributed by atoms with Crippen molar-refractivity contribution in [3.63, 3.8) is 0 Å². The number of rotatable bonds is 5. The Morgan fingerprint density at radius 2 is 1.58 bits per heavy atom. The van der Waals surface area contributed by atoms with E-state index in [1.807, 2.05) is 18.2 Å². The molecule has 15 heteroatoms. The van der Waals surface area contributed by atoms with Gasteiger partial charge in [-0.25, -0.2) is 14.6 Å². The first kappa shape index (κ1) is 31.6. The molecule has 0 spiro atoms. The largest absolute Gasteiger partial charge is 0.490 e. The van der Waals surface area contributed by atoms with E-state index < -0.39 is 24.3 Å². The van der Waals surface area contributed by atoms with Crippen LogP contribution >= 0.6 is 0 Å². The molecule has 1 unspecified atom stereocenters. The Balaban J connectivity index is 0.000000301. The smallest absolute Gasteiger partial charge is 0.477 e. The summed E-state index contributed by atoms with van der Waals surface area (Å²) in [6.07, 6.45) is -3.29. The van der Waals surface area contributed by atoms with Gasteiger partial charge in [0.25, 0.3) is 0 Å². The fourth-order valence-corrected chi connectivity index (χ4v) is 4.38. The van der Waals surface area contributed by atoms with E-state index in [0.29, 0.717) is 18.1 Å². The van der Waals surface area contributed by atoms with Gasteiger partial charge in [-0.3, -0.25) is 4.90 Å². The first-order valence-electron chi connectivity index (χ1n) is 11.8. The van der Waals surface area contributed by atoms with Crippen LogP contribution in [0.4, 0.5) is 26.3 Å². The van der Waals surface area contributed by atoms with Crippen LogP contribution in [-0.4, -0.2) is 96.1 Å². The summed E-state index contributed by atoms with van der Waals surface area (Å²) in [6, 6.07) is 6.38. The fraction of sp³-hybridized carbons (Fsp3) is 0.696. The molecule has 0 aromatic carbocycles. The van der Waals surface area contributed by atoms with Crippen molar-refractivity contribution < 1.29 is 60.4 Å². The Labute approximate surface area is 214 Å². The number of nitrogens with zero attached hydrogens (tertiary/aromatic N) is 2. The van der Waals surface area contributed by atoms with Gasteiger partial charge in [-0.2, -0.15) is 26.3 Å². The third-order valence-electron chi connectivity index (χ3n) is 6.17. The van der Waals surface area contributed by atoms with Gasteiger partial charge in [-0.15, -0.1) is 0 Å². The van der Waals surface area contributed by atoms with E-state index >= 15 is 0 Å². The summed E-state index contributed by atoms with van der Waals surface area (Å²) < 4.78 is 80.9. The van der Waals surface area contributed by atoms with Crippen LogP contribution in [0.15, 0.2) is 24.4 Å². The lowest BCUT2D eigenvalue weighted by atomic mass is 9.98. The molecule has 0 amide bonds. The minimum Gasteiger partial charge on any atom is -0.477 e. The molecule has 3 atom stereocenters. The molecular weight excluding hydrogens is 530 g/mol. The van der Waals surface area contributed by atoms with E-state index in [0.717, 1.165) is 51.2 Å². The van der Waals surface area contributed by atoms with E-state index in [-0.39, 0.29) is 0 Å². The predicted octanol–water partition coefficient (Wildman–Crippen LogP) is 3.63. The summed E-state index contributed by atoms with van der Waals surface area (Å²) in [5.41, 5.74) is 0. The van der Waals surface area contributed by atoms with Crippen LogP contribution in [0.5, 0.6) is 5.88 Å². The maximum absolute atomic E-state index is 10.6. The topological polar surface area (TPSA) is 118 Å². The van der Waals surface area contributed by atoms with Crippen LogP contribution in [0.2, 0.25) is 0 Å². The summed E-state index contributed by atoms with van der Waals surface area (Å²) in [4.78, 5) is 24.7. The molecule has 2 aliphatic heterocycles. The summed E-state index contributed by atoms with van der Waals surface area (Å²) in [6.45, 7) is 5.78. The lowest BCUT2D eigenvalue weighted by Gasteiger charge is -2.40. The maximum Gasteiger partial charge on any atom is 0.490 e. The number of pyridine rings is 1. The average Bonchev–Trinajstić information content (AvgIpc) is 3.28. The van der Waals surface area contributed by atoms with Crippen LogP contribution in [0, 0.1) is 11.8 Å². The van der Waals surface area contributed by atoms with Crippen molar-refractivity contribution in [2.75, 3.05) is 39.5 Å². The van der Waals surface area contributed by atoms with Gasteiger partial charge in [0.15, 0.2) is 0 Å². The maximum atomic E-state index is 10.6. The quantitative estimate of drug-likeness (QED) is 0.521. The molecule has 9 nitrogen and oxygen atoms in total. The Hall–Kier alpha value is -2.65. The molecule has 3 fully saturated rings. The number of carboxylic acid groups (broad SMARTS) is 2. The number of carbonyl (C=O) groups is 2. The zero-order valence-electron chi connectivity index (χ0n) is 20.3. The molecule has 2 saturated heterocycles. The highest BCUT2D eigenvalue weighted by molar-refractivity contribution is 5.73. The molecule has 216 valence electrons. The van der Waals surface area contributed by atoms with Crippen LogP contribution < -0.4 is 4.74 Å². The first-order valence-corrected chi connectivity index (χ1v) is 11.8. The fourth-order valence-electron chi connectivity index (χ4n) is 4.38. The Kier molecular flexibility index (Phi) is 12.0. The average molecular weight is 560 g/mol. The second kappa shape index (κ2) is 14.5. The molecule has 1 aromatic heterocycles. The van der Waals surface area contributed by atoms with E-state index in [4.69, 9.17) is 34.0 Å². The van der Waals surface area contributed by atoms with E-state index in [9.17, 15) is 26.3 Å². The predicted molar refractivity (Wildman–Crippen MR) is 118 cm³/mol. The standard InChI is InChI=1S/C19H28N2O3.2C2HF3O2/c1-2-6-20-19(3-1)24-14-16-11-17-18(12-16)23-10-7-21(17)13-15-4-8-22-9-5-15;2*3-2(4,5)1(6)7/h1-3,6,15-18H,4-5,7-14H2;2*(H,6,7)/t16?,17-,18-;;/m1../s1. The van der Waals surface area contributed by atoms with E-state index in [1.165, 1.54) is 25.8 Å². The highest BCUT2D eigenvalue weighted by atomic mass is 19.4. The monoisotopic (exact) mass is 560 g/mol. The van der Waals surface area contributed by atoms with E-state index in [2.05, 4.69) is 9.88 Å². The summed E-state index contributed by atoms with van der Waals surface area (Å²) >= 11 is 0. The van der Waals surface area contributed by atoms with Crippen LogP contribution in [0.1, 0.15) is 25.7 Å². The number of hydrogen-bond donors (Lipinski definition) is 2. The lowest BCUT2D eigenvalue weighted by Crippen LogP contribution is -2.50. The van der Waals surface area contributed by atoms with Gasteiger partial charge in [0.05, 0.1) is 19.3 Å². The number of hydrogen-bond acceptors (Lipinski definition) is 7. The number of ether oxygens (including phenoxy) is 3. The normalized spacial score (nSPS) is 24.2. The molecule has 4 rings (SSSR count). The number of carboxylic acids is 2. The Morgan fingerprint density at radius 3 is 2.11 bits per heavy atom. The number of aliphatic carboxylic acids is 2. The molecule has 3 heterocycles. The molecule has 1 saturated carbocycles. The summed E-state index contributed by atoms with van der Waals surface area (Å²) in [5.74, 6) is -3.43. The molecule has 1 aromatic rings. The Morgan fingerprint density at radius 1 is 0.974 bits per heavy atom. The minimum absolute atomic E-state index is 0.385. The number of alkyl halides is 6. The Bertz CT molecular complexity index is 842. The molecule has 0 radical (unpaired) electrons. The number of halogens is 6. The van der Waals surface area contributed by atoms with Crippen molar-refractivity contribution >= 4 is 11.9 Å². The highest BCUT2D eigenvalue weighted by Crippen LogP contribution is 2.35. The summed E-state index contributed by atoms with van der Waals surface area (Å²) in [7, 11) is 0. The van der Waals surface area contributed by atoms with Crippen LogP contribution in [0.25, 0.3) is 0 Å². The number of aromatic nitrogens is 1. The van der Waals surface area contributed by atoms with Gasteiger partial charge in [0.2, 0.25) is 5.88 Å². The molecule has 38 heavy (non-hydrogen) atoms. The number of fused-ring (bicyclic) bond motifs is 1. The lowest BCUT2D eigenvalue weighted by molar-refractivity contribution is -0.193. The third kappa shape index (κ3) is 11.0. The zero-order valence-corrected chi connectivity index (χ0v) is 20.3. The highest BCUT2D eigenvalue weighted by Gasteiger charge is 2.42. The molecule has 1 aliphatic carbocycles. The van der Waals surface area contributed by atoms with Gasteiger partial charge >= 0.3 is 24.3 Å². The molecular formula is C23H30F6N2O7. The van der Waals surface area contributed by atoms with Crippen molar-refractivity contribution in [3.05, 3.63) is 24.4 Å². The third-order valence-corrected chi connectivity index (χ3v) is 6.17. The van der Waals surface area contributed by atoms with Crippen molar-refractivity contribution in [1.82, 2.24) is 9.88 Å². The van der Waals surface area contributed by atoms with Gasteiger partial charge in [0.1, 0.15) is 0 Å². The van der Waals surface area contributed by atoms with Gasteiger partial charge in [-0.1, -0.05) is 6.07 Å². The second-order valence-corrected chi connectivity index (χ2v) is 8.95. The minimum atomic E-state index is -5.08. The molecule has 0 bridgehead atoms. The molecule has 2 N–H and O–H groups in total. The van der Waals surface area contributed by atoms with Crippen molar-refractivity contribution in [2.45, 2.75) is 50.2 Å². The zero-order chi connectivity index (χ0) is 28.3. The van der Waals surface area contributed by atoms with Gasteiger partial charge in [0, 0.05) is 44.6 Å². The number of morpholine rings is 1. The first-order chi connectivity index (χ1) is 17.8. The second-order valence-electron chi connectivity index (χ2n) is 8.95. The van der Waals surface area contributed by atoms with Crippen molar-refractivity contribution in [2.24, 2.45) is 11.8 Å². The molecule has 3 aliphatic rings. The van der Waals surface area contributed by atoms with Crippen molar-refractivity contribution in [1.29, 1.82) is 0 Å². The summed E-state index contributed by atoms with van der Waals surface area (Å²) in [5, 5.41) is 14.2. The van der Waals surface area contributed by atoms with Crippen LogP contribution in [0.3, 0.4) is 0 Å². The van der Waals surface area contributed by atoms with E-state index in [1.54, 1.807) is 6.20 Å². The SMILES string of the molecule is O=C(O)C(F)(F)F.O=C(O)C(F)(F)F.c1ccc(OCC2C[C@@H]3[C@@H](C2)OCCN3CC2CCOCC2)nc1. The van der Waals surface area contributed by atoms with Gasteiger partial charge in [-0.05, 0) is 43.6 Å².